The van der Waals surface area contributed by atoms with Crippen molar-refractivity contribution in [2.75, 3.05) is 24.6 Å². The number of piperidine rings is 1. The Hall–Kier alpha value is -2.61. The molecule has 1 atom stereocenters. The minimum absolute atomic E-state index is 0.183. The van der Waals surface area contributed by atoms with Gasteiger partial charge >= 0.3 is 0 Å². The summed E-state index contributed by atoms with van der Waals surface area (Å²) in [5, 5.41) is 2.80. The molecule has 27 heavy (non-hydrogen) atoms. The van der Waals surface area contributed by atoms with Crippen LogP contribution in [0, 0.1) is 11.6 Å². The highest BCUT2D eigenvalue weighted by Gasteiger charge is 2.25. The van der Waals surface area contributed by atoms with Gasteiger partial charge in [-0.05, 0) is 25.0 Å². The van der Waals surface area contributed by atoms with Gasteiger partial charge in [0.1, 0.15) is 0 Å². The van der Waals surface area contributed by atoms with Crippen molar-refractivity contribution < 1.29 is 18.3 Å². The summed E-state index contributed by atoms with van der Waals surface area (Å²) in [6, 6.07) is 3.41. The number of hydrogen-bond donors (Lipinski definition) is 1. The first-order chi connectivity index (χ1) is 13.1. The molecule has 0 radical (unpaired) electrons. The van der Waals surface area contributed by atoms with Gasteiger partial charge in [-0.3, -0.25) is 4.79 Å². The lowest BCUT2D eigenvalue weighted by Gasteiger charge is -2.33. The van der Waals surface area contributed by atoms with Crippen molar-refractivity contribution in [3.05, 3.63) is 52.9 Å². The van der Waals surface area contributed by atoms with Crippen molar-refractivity contribution in [3.8, 4) is 0 Å². The van der Waals surface area contributed by atoms with Crippen molar-refractivity contribution in [2.45, 2.75) is 31.9 Å². The van der Waals surface area contributed by atoms with Crippen LogP contribution in [0.15, 0.2) is 24.4 Å². The molecule has 0 aliphatic carbocycles. The maximum Gasteiger partial charge on any atom is 0.254 e. The SMILES string of the molecule is O=C(N[C@H]1CCCN(c2ncc3c(n2)CCOC3)C1)c1cccc(F)c1F. The summed E-state index contributed by atoms with van der Waals surface area (Å²) in [5.74, 6) is -2.13. The highest BCUT2D eigenvalue weighted by atomic mass is 19.2. The number of carbonyl (C=O) groups is 1. The Morgan fingerprint density at radius 3 is 3.11 bits per heavy atom. The average molecular weight is 374 g/mol. The van der Waals surface area contributed by atoms with Gasteiger partial charge in [0, 0.05) is 37.3 Å². The molecular weight excluding hydrogens is 354 g/mol. The molecule has 0 bridgehead atoms. The molecule has 1 saturated heterocycles. The van der Waals surface area contributed by atoms with Crippen molar-refractivity contribution in [1.29, 1.82) is 0 Å². The summed E-state index contributed by atoms with van der Waals surface area (Å²) in [7, 11) is 0. The molecule has 1 aromatic carbocycles. The van der Waals surface area contributed by atoms with E-state index in [0.29, 0.717) is 25.7 Å². The number of nitrogens with zero attached hydrogens (tertiary/aromatic N) is 3. The van der Waals surface area contributed by atoms with E-state index < -0.39 is 17.5 Å². The minimum atomic E-state index is -1.12. The summed E-state index contributed by atoms with van der Waals surface area (Å²) in [5.41, 5.74) is 1.73. The number of hydrogen-bond acceptors (Lipinski definition) is 5. The maximum atomic E-state index is 13.8. The molecule has 6 nitrogen and oxygen atoms in total. The van der Waals surface area contributed by atoms with Crippen LogP contribution in [0.1, 0.15) is 34.5 Å². The molecule has 0 saturated carbocycles. The third-order valence-corrected chi connectivity index (χ3v) is 4.92. The van der Waals surface area contributed by atoms with E-state index >= 15 is 0 Å². The van der Waals surface area contributed by atoms with E-state index in [2.05, 4.69) is 15.3 Å². The topological polar surface area (TPSA) is 67.4 Å². The molecule has 1 amide bonds. The van der Waals surface area contributed by atoms with Gasteiger partial charge in [0.25, 0.3) is 5.91 Å². The van der Waals surface area contributed by atoms with Gasteiger partial charge in [-0.1, -0.05) is 6.07 Å². The summed E-state index contributed by atoms with van der Waals surface area (Å²) in [6.07, 6.45) is 4.16. The van der Waals surface area contributed by atoms with Gasteiger partial charge < -0.3 is 15.0 Å². The summed E-state index contributed by atoms with van der Waals surface area (Å²) < 4.78 is 32.6. The largest absolute Gasteiger partial charge is 0.376 e. The fourth-order valence-electron chi connectivity index (χ4n) is 3.49. The second-order valence-electron chi connectivity index (χ2n) is 6.80. The zero-order valence-corrected chi connectivity index (χ0v) is 14.8. The standard InChI is InChI=1S/C19H20F2N4O2/c20-15-5-1-4-14(17(15)21)18(26)23-13-3-2-7-25(10-13)19-22-9-12-11-27-8-6-16(12)24-19/h1,4-5,9,13H,2-3,6-8,10-11H2,(H,23,26)/t13-/m0/s1. The Balaban J connectivity index is 1.45. The fourth-order valence-corrected chi connectivity index (χ4v) is 3.49. The first-order valence-electron chi connectivity index (χ1n) is 9.04. The van der Waals surface area contributed by atoms with E-state index in [4.69, 9.17) is 4.74 Å². The fraction of sp³-hybridized carbons (Fsp3) is 0.421. The van der Waals surface area contributed by atoms with Crippen LogP contribution in [0.3, 0.4) is 0 Å². The number of ether oxygens (including phenoxy) is 1. The molecule has 3 heterocycles. The third kappa shape index (κ3) is 3.75. The summed E-state index contributed by atoms with van der Waals surface area (Å²) in [4.78, 5) is 23.4. The molecule has 1 aromatic heterocycles. The molecular formula is C19H20F2N4O2. The van der Waals surface area contributed by atoms with Crippen molar-refractivity contribution in [2.24, 2.45) is 0 Å². The predicted octanol–water partition coefficient (Wildman–Crippen LogP) is 2.23. The highest BCUT2D eigenvalue weighted by Crippen LogP contribution is 2.21. The van der Waals surface area contributed by atoms with E-state index in [0.717, 1.165) is 43.1 Å². The Morgan fingerprint density at radius 2 is 2.22 bits per heavy atom. The van der Waals surface area contributed by atoms with E-state index in [9.17, 15) is 13.6 Å². The first kappa shape index (κ1) is 17.8. The van der Waals surface area contributed by atoms with Crippen molar-refractivity contribution in [1.82, 2.24) is 15.3 Å². The number of rotatable bonds is 3. The van der Waals surface area contributed by atoms with Gasteiger partial charge in [0.05, 0.1) is 24.5 Å². The molecule has 0 spiro atoms. The minimum Gasteiger partial charge on any atom is -0.376 e. The number of halogens is 2. The van der Waals surface area contributed by atoms with Crippen LogP contribution in [0.2, 0.25) is 0 Å². The Morgan fingerprint density at radius 1 is 1.33 bits per heavy atom. The number of nitrogens with one attached hydrogen (secondary N) is 1. The Kier molecular flexibility index (Phi) is 4.98. The lowest BCUT2D eigenvalue weighted by molar-refractivity contribution is 0.0927. The third-order valence-electron chi connectivity index (χ3n) is 4.92. The van der Waals surface area contributed by atoms with Crippen LogP contribution in [0.25, 0.3) is 0 Å². The number of carbonyl (C=O) groups excluding carboxylic acids is 1. The normalized spacial score (nSPS) is 19.5. The molecule has 0 unspecified atom stereocenters. The molecule has 4 rings (SSSR count). The lowest BCUT2D eigenvalue weighted by Crippen LogP contribution is -2.48. The van der Waals surface area contributed by atoms with E-state index in [-0.39, 0.29) is 11.6 Å². The average Bonchev–Trinajstić information content (AvgIpc) is 2.70. The zero-order valence-electron chi connectivity index (χ0n) is 14.8. The van der Waals surface area contributed by atoms with Crippen LogP contribution < -0.4 is 10.2 Å². The number of benzene rings is 1. The molecule has 2 aliphatic rings. The second kappa shape index (κ2) is 7.56. The molecule has 2 aliphatic heterocycles. The first-order valence-corrected chi connectivity index (χ1v) is 9.04. The van der Waals surface area contributed by atoms with E-state index in [1.807, 2.05) is 4.90 Å². The van der Waals surface area contributed by atoms with Crippen LogP contribution in [0.4, 0.5) is 14.7 Å². The van der Waals surface area contributed by atoms with Gasteiger partial charge in [-0.15, -0.1) is 0 Å². The maximum absolute atomic E-state index is 13.8. The molecule has 1 fully saturated rings. The van der Waals surface area contributed by atoms with Crippen LogP contribution in [-0.4, -0.2) is 41.6 Å². The lowest BCUT2D eigenvalue weighted by atomic mass is 10.0. The monoisotopic (exact) mass is 374 g/mol. The van der Waals surface area contributed by atoms with Gasteiger partial charge in [0.15, 0.2) is 11.6 Å². The number of aromatic nitrogens is 2. The number of amides is 1. The van der Waals surface area contributed by atoms with Crippen LogP contribution in [0.5, 0.6) is 0 Å². The Bertz CT molecular complexity index is 862. The van der Waals surface area contributed by atoms with Crippen LogP contribution in [-0.2, 0) is 17.8 Å². The van der Waals surface area contributed by atoms with Gasteiger partial charge in [-0.2, -0.15) is 0 Å². The quantitative estimate of drug-likeness (QED) is 0.892. The van der Waals surface area contributed by atoms with E-state index in [1.165, 1.54) is 12.1 Å². The van der Waals surface area contributed by atoms with Gasteiger partial charge in [0.2, 0.25) is 5.95 Å². The Labute approximate surface area is 155 Å². The zero-order chi connectivity index (χ0) is 18.8. The number of anilines is 1. The van der Waals surface area contributed by atoms with Gasteiger partial charge in [-0.25, -0.2) is 18.7 Å². The summed E-state index contributed by atoms with van der Waals surface area (Å²) in [6.45, 7) is 2.50. The van der Waals surface area contributed by atoms with E-state index in [1.54, 1.807) is 6.20 Å². The van der Waals surface area contributed by atoms with Crippen LogP contribution >= 0.6 is 0 Å². The van der Waals surface area contributed by atoms with Crippen molar-refractivity contribution in [3.63, 3.8) is 0 Å². The van der Waals surface area contributed by atoms with Crippen molar-refractivity contribution >= 4 is 11.9 Å². The molecule has 142 valence electrons. The highest BCUT2D eigenvalue weighted by molar-refractivity contribution is 5.94. The summed E-state index contributed by atoms with van der Waals surface area (Å²) >= 11 is 0. The molecule has 8 heteroatoms. The molecule has 2 aromatic rings. The molecule has 1 N–H and O–H groups in total. The number of fused-ring (bicyclic) bond motifs is 1. The second-order valence-corrected chi connectivity index (χ2v) is 6.80. The predicted molar refractivity (Wildman–Crippen MR) is 94.5 cm³/mol. The smallest absolute Gasteiger partial charge is 0.254 e.